The first-order valence-electron chi connectivity index (χ1n) is 4.12. The topological polar surface area (TPSA) is 42.2 Å². The van der Waals surface area contributed by atoms with Gasteiger partial charge >= 0.3 is 0 Å². The van der Waals surface area contributed by atoms with Gasteiger partial charge in [0.1, 0.15) is 5.76 Å². The fraction of sp³-hybridized carbons (Fsp3) is 0.444. The molecule has 66 valence electrons. The molecule has 0 aromatic carbocycles. The molecule has 0 radical (unpaired) electrons. The lowest BCUT2D eigenvalue weighted by atomic mass is 10.3. The Morgan fingerprint density at radius 2 is 2.50 bits per heavy atom. The first kappa shape index (κ1) is 8.84. The molecule has 3 nitrogen and oxygen atoms in total. The van der Waals surface area contributed by atoms with Crippen molar-refractivity contribution >= 4 is 5.91 Å². The molecule has 1 heterocycles. The minimum absolute atomic E-state index is 0.0777. The normalized spacial score (nSPS) is 9.75. The van der Waals surface area contributed by atoms with E-state index < -0.39 is 0 Å². The van der Waals surface area contributed by atoms with Gasteiger partial charge in [-0.15, -0.1) is 0 Å². The van der Waals surface area contributed by atoms with E-state index in [0.717, 1.165) is 12.2 Å². The molecule has 0 atom stereocenters. The van der Waals surface area contributed by atoms with Crippen LogP contribution < -0.4 is 5.32 Å². The van der Waals surface area contributed by atoms with Gasteiger partial charge in [-0.2, -0.15) is 0 Å². The molecule has 12 heavy (non-hydrogen) atoms. The Morgan fingerprint density at radius 1 is 1.67 bits per heavy atom. The van der Waals surface area contributed by atoms with Crippen LogP contribution in [0.2, 0.25) is 0 Å². The van der Waals surface area contributed by atoms with Gasteiger partial charge in [0.2, 0.25) is 5.91 Å². The number of carbonyl (C=O) groups excluding carboxylic acids is 1. The predicted molar refractivity (Wildman–Crippen MR) is 45.5 cm³/mol. The van der Waals surface area contributed by atoms with E-state index >= 15 is 0 Å². The van der Waals surface area contributed by atoms with Crippen molar-refractivity contribution in [2.45, 2.75) is 26.3 Å². The summed E-state index contributed by atoms with van der Waals surface area (Å²) in [7, 11) is 0. The third-order valence-corrected chi connectivity index (χ3v) is 1.52. The van der Waals surface area contributed by atoms with E-state index in [1.165, 1.54) is 0 Å². The van der Waals surface area contributed by atoms with Crippen LogP contribution in [0.3, 0.4) is 0 Å². The quantitative estimate of drug-likeness (QED) is 0.741. The maximum absolute atomic E-state index is 11.0. The zero-order valence-corrected chi connectivity index (χ0v) is 7.17. The van der Waals surface area contributed by atoms with Crippen LogP contribution in [0.4, 0.5) is 0 Å². The summed E-state index contributed by atoms with van der Waals surface area (Å²) < 4.78 is 5.05. The van der Waals surface area contributed by atoms with Crippen LogP contribution >= 0.6 is 0 Å². The van der Waals surface area contributed by atoms with Gasteiger partial charge in [0.25, 0.3) is 0 Å². The Balaban J connectivity index is 2.22. The summed E-state index contributed by atoms with van der Waals surface area (Å²) in [5, 5.41) is 2.75. The van der Waals surface area contributed by atoms with E-state index in [-0.39, 0.29) is 5.91 Å². The predicted octanol–water partition coefficient (Wildman–Crippen LogP) is 1.70. The Kier molecular flexibility index (Phi) is 3.38. The molecule has 0 spiro atoms. The molecule has 0 aliphatic heterocycles. The summed E-state index contributed by atoms with van der Waals surface area (Å²) in [6, 6.07) is 3.65. The molecule has 0 bridgehead atoms. The number of nitrogens with one attached hydrogen (secondary N) is 1. The number of furan rings is 1. The number of amides is 1. The van der Waals surface area contributed by atoms with E-state index in [4.69, 9.17) is 4.42 Å². The zero-order chi connectivity index (χ0) is 8.81. The van der Waals surface area contributed by atoms with Crippen LogP contribution in [0.15, 0.2) is 22.8 Å². The number of hydrogen-bond acceptors (Lipinski definition) is 2. The highest BCUT2D eigenvalue weighted by Crippen LogP contribution is 1.98. The lowest BCUT2D eigenvalue weighted by molar-refractivity contribution is -0.121. The lowest BCUT2D eigenvalue weighted by Crippen LogP contribution is -2.21. The lowest BCUT2D eigenvalue weighted by Gasteiger charge is -2.00. The molecule has 1 N–H and O–H groups in total. The standard InChI is InChI=1S/C9H13NO2/c1-2-4-9(11)10-7-8-5-3-6-12-8/h3,5-6H,2,4,7H2,1H3,(H,10,11). The third-order valence-electron chi connectivity index (χ3n) is 1.52. The second kappa shape index (κ2) is 4.59. The highest BCUT2D eigenvalue weighted by atomic mass is 16.3. The smallest absolute Gasteiger partial charge is 0.220 e. The largest absolute Gasteiger partial charge is 0.467 e. The molecule has 3 heteroatoms. The maximum Gasteiger partial charge on any atom is 0.220 e. The molecule has 0 aliphatic carbocycles. The number of hydrogen-bond donors (Lipinski definition) is 1. The summed E-state index contributed by atoms with van der Waals surface area (Å²) >= 11 is 0. The molecule has 1 aromatic heterocycles. The van der Waals surface area contributed by atoms with E-state index in [0.29, 0.717) is 13.0 Å². The van der Waals surface area contributed by atoms with Crippen molar-refractivity contribution in [1.82, 2.24) is 5.32 Å². The molecule has 0 saturated heterocycles. The summed E-state index contributed by atoms with van der Waals surface area (Å²) in [4.78, 5) is 11.0. The van der Waals surface area contributed by atoms with E-state index in [9.17, 15) is 4.79 Å². The molecule has 1 amide bonds. The van der Waals surface area contributed by atoms with Gasteiger partial charge in [0.05, 0.1) is 12.8 Å². The van der Waals surface area contributed by atoms with Gasteiger partial charge in [-0.25, -0.2) is 0 Å². The van der Waals surface area contributed by atoms with E-state index in [1.54, 1.807) is 12.3 Å². The summed E-state index contributed by atoms with van der Waals surface area (Å²) in [6.45, 7) is 2.47. The fourth-order valence-electron chi connectivity index (χ4n) is 0.914. The van der Waals surface area contributed by atoms with Crippen molar-refractivity contribution in [2.24, 2.45) is 0 Å². The highest BCUT2D eigenvalue weighted by molar-refractivity contribution is 5.75. The second-order valence-electron chi connectivity index (χ2n) is 2.61. The minimum Gasteiger partial charge on any atom is -0.467 e. The molecular weight excluding hydrogens is 154 g/mol. The number of carbonyl (C=O) groups is 1. The first-order chi connectivity index (χ1) is 5.83. The monoisotopic (exact) mass is 167 g/mol. The molecule has 0 unspecified atom stereocenters. The fourth-order valence-corrected chi connectivity index (χ4v) is 0.914. The van der Waals surface area contributed by atoms with Gasteiger partial charge in [0, 0.05) is 6.42 Å². The number of rotatable bonds is 4. The average Bonchev–Trinajstić information content (AvgIpc) is 2.53. The van der Waals surface area contributed by atoms with Crippen molar-refractivity contribution in [3.05, 3.63) is 24.2 Å². The van der Waals surface area contributed by atoms with Gasteiger partial charge < -0.3 is 9.73 Å². The van der Waals surface area contributed by atoms with Crippen molar-refractivity contribution in [2.75, 3.05) is 0 Å². The van der Waals surface area contributed by atoms with Crippen LogP contribution in [0.25, 0.3) is 0 Å². The van der Waals surface area contributed by atoms with Crippen LogP contribution in [0, 0.1) is 0 Å². The van der Waals surface area contributed by atoms with Crippen LogP contribution in [-0.4, -0.2) is 5.91 Å². The SMILES string of the molecule is CCCC(=O)NCc1ccco1. The first-order valence-corrected chi connectivity index (χ1v) is 4.12. The van der Waals surface area contributed by atoms with Gasteiger partial charge in [-0.05, 0) is 18.6 Å². The Hall–Kier alpha value is -1.25. The average molecular weight is 167 g/mol. The van der Waals surface area contributed by atoms with Crippen molar-refractivity contribution in [3.63, 3.8) is 0 Å². The third kappa shape index (κ3) is 2.78. The summed E-state index contributed by atoms with van der Waals surface area (Å²) in [6.07, 6.45) is 3.06. The van der Waals surface area contributed by atoms with Gasteiger partial charge in [-0.1, -0.05) is 6.92 Å². The second-order valence-corrected chi connectivity index (χ2v) is 2.61. The molecular formula is C9H13NO2. The Bertz CT molecular complexity index is 229. The van der Waals surface area contributed by atoms with Crippen LogP contribution in [0.5, 0.6) is 0 Å². The Labute approximate surface area is 71.8 Å². The van der Waals surface area contributed by atoms with Crippen molar-refractivity contribution in [3.8, 4) is 0 Å². The van der Waals surface area contributed by atoms with Gasteiger partial charge in [0.15, 0.2) is 0 Å². The van der Waals surface area contributed by atoms with E-state index in [2.05, 4.69) is 5.32 Å². The zero-order valence-electron chi connectivity index (χ0n) is 7.17. The van der Waals surface area contributed by atoms with Crippen LogP contribution in [0.1, 0.15) is 25.5 Å². The van der Waals surface area contributed by atoms with Crippen molar-refractivity contribution in [1.29, 1.82) is 0 Å². The summed E-state index contributed by atoms with van der Waals surface area (Å²) in [5.74, 6) is 0.869. The molecule has 1 aromatic rings. The molecule has 0 fully saturated rings. The highest BCUT2D eigenvalue weighted by Gasteiger charge is 1.99. The van der Waals surface area contributed by atoms with Crippen LogP contribution in [-0.2, 0) is 11.3 Å². The molecule has 0 aliphatic rings. The maximum atomic E-state index is 11.0. The van der Waals surface area contributed by atoms with Crippen molar-refractivity contribution < 1.29 is 9.21 Å². The summed E-state index contributed by atoms with van der Waals surface area (Å²) in [5.41, 5.74) is 0. The molecule has 1 rings (SSSR count). The minimum atomic E-state index is 0.0777. The Morgan fingerprint density at radius 3 is 3.08 bits per heavy atom. The van der Waals surface area contributed by atoms with E-state index in [1.807, 2.05) is 13.0 Å². The molecule has 0 saturated carbocycles. The van der Waals surface area contributed by atoms with Gasteiger partial charge in [-0.3, -0.25) is 4.79 Å².